The van der Waals surface area contributed by atoms with Gasteiger partial charge < -0.3 is 10.6 Å². The molecule has 3 aromatic carbocycles. The fourth-order valence-corrected chi connectivity index (χ4v) is 3.38. The quantitative estimate of drug-likeness (QED) is 0.479. The fourth-order valence-electron chi connectivity index (χ4n) is 3.38. The first-order valence-electron chi connectivity index (χ1n) is 9.75. The predicted octanol–water partition coefficient (Wildman–Crippen LogP) is 5.26. The summed E-state index contributed by atoms with van der Waals surface area (Å²) in [5, 5.41) is 7.19. The van der Waals surface area contributed by atoms with Gasteiger partial charge in [-0.25, -0.2) is 4.98 Å². The van der Waals surface area contributed by atoms with E-state index in [4.69, 9.17) is 0 Å². The van der Waals surface area contributed by atoms with E-state index in [9.17, 15) is 4.79 Å². The molecule has 144 valence electrons. The van der Waals surface area contributed by atoms with Gasteiger partial charge >= 0.3 is 0 Å². The molecule has 4 heteroatoms. The number of pyridine rings is 1. The molecule has 0 saturated heterocycles. The van der Waals surface area contributed by atoms with Crippen LogP contribution in [0.1, 0.15) is 21.5 Å². The van der Waals surface area contributed by atoms with Crippen molar-refractivity contribution >= 4 is 28.3 Å². The lowest BCUT2D eigenvalue weighted by Gasteiger charge is -2.12. The number of anilines is 2. The number of hydrogen-bond donors (Lipinski definition) is 2. The van der Waals surface area contributed by atoms with Gasteiger partial charge in [-0.3, -0.25) is 4.79 Å². The number of carbonyl (C=O) groups is 1. The summed E-state index contributed by atoms with van der Waals surface area (Å²) in [4.78, 5) is 17.6. The zero-order valence-corrected chi connectivity index (χ0v) is 16.4. The number of hydrogen-bond acceptors (Lipinski definition) is 3. The smallest absolute Gasteiger partial charge is 0.252 e. The maximum Gasteiger partial charge on any atom is 0.252 e. The van der Waals surface area contributed by atoms with Crippen molar-refractivity contribution in [1.29, 1.82) is 0 Å². The minimum Gasteiger partial charge on any atom is -0.352 e. The van der Waals surface area contributed by atoms with Crippen LogP contribution in [0.25, 0.3) is 10.9 Å². The summed E-state index contributed by atoms with van der Waals surface area (Å²) in [6, 6.07) is 27.7. The number of aromatic nitrogens is 1. The molecular weight excluding hydrogens is 358 g/mol. The van der Waals surface area contributed by atoms with Crippen molar-refractivity contribution in [2.24, 2.45) is 0 Å². The second-order valence-corrected chi connectivity index (χ2v) is 7.06. The molecule has 4 nitrogen and oxygen atoms in total. The van der Waals surface area contributed by atoms with Crippen LogP contribution in [0.5, 0.6) is 0 Å². The highest BCUT2D eigenvalue weighted by Gasteiger charge is 2.13. The van der Waals surface area contributed by atoms with Crippen LogP contribution in [-0.4, -0.2) is 17.4 Å². The molecule has 4 aromatic rings. The Kier molecular flexibility index (Phi) is 5.52. The maximum atomic E-state index is 13.0. The lowest BCUT2D eigenvalue weighted by molar-refractivity contribution is 0.0956. The number of benzene rings is 3. The number of aryl methyl sites for hydroxylation is 1. The largest absolute Gasteiger partial charge is 0.352 e. The molecule has 1 amide bonds. The topological polar surface area (TPSA) is 54.0 Å². The minimum absolute atomic E-state index is 0.0904. The molecule has 0 fully saturated rings. The molecule has 0 spiro atoms. The van der Waals surface area contributed by atoms with Gasteiger partial charge in [0.25, 0.3) is 5.91 Å². The van der Waals surface area contributed by atoms with Gasteiger partial charge in [0.05, 0.1) is 11.1 Å². The average Bonchev–Trinajstić information content (AvgIpc) is 2.74. The third-order valence-corrected chi connectivity index (χ3v) is 4.79. The monoisotopic (exact) mass is 381 g/mol. The number of nitrogens with zero attached hydrogens (tertiary/aromatic N) is 1. The van der Waals surface area contributed by atoms with Crippen molar-refractivity contribution in [2.75, 3.05) is 11.9 Å². The molecule has 4 rings (SSSR count). The Labute approximate surface area is 170 Å². The van der Waals surface area contributed by atoms with E-state index >= 15 is 0 Å². The number of nitrogens with one attached hydrogen (secondary N) is 2. The van der Waals surface area contributed by atoms with Crippen LogP contribution in [-0.2, 0) is 6.42 Å². The third-order valence-electron chi connectivity index (χ3n) is 4.79. The van der Waals surface area contributed by atoms with Crippen LogP contribution in [0.15, 0.2) is 84.9 Å². The normalized spacial score (nSPS) is 10.7. The molecule has 29 heavy (non-hydrogen) atoms. The second kappa shape index (κ2) is 8.57. The van der Waals surface area contributed by atoms with Gasteiger partial charge in [-0.15, -0.1) is 0 Å². The average molecular weight is 381 g/mol. The Morgan fingerprint density at radius 1 is 0.897 bits per heavy atom. The molecule has 0 aliphatic carbocycles. The number of rotatable bonds is 6. The SMILES string of the molecule is Cc1cccc(CCNC(=O)c2cc(Nc3ccccc3)nc3ccccc23)c1. The highest BCUT2D eigenvalue weighted by molar-refractivity contribution is 6.07. The van der Waals surface area contributed by atoms with Gasteiger partial charge in [-0.1, -0.05) is 66.2 Å². The standard InChI is InChI=1S/C25H23N3O/c1-18-8-7-9-19(16-18)14-15-26-25(29)22-17-24(27-20-10-3-2-4-11-20)28-23-13-6-5-12-21(22)23/h2-13,16-17H,14-15H2,1H3,(H,26,29)(H,27,28). The Balaban J connectivity index is 1.55. The van der Waals surface area contributed by atoms with Crippen LogP contribution < -0.4 is 10.6 Å². The zero-order chi connectivity index (χ0) is 20.1. The molecule has 2 N–H and O–H groups in total. The van der Waals surface area contributed by atoms with Crippen LogP contribution in [0.4, 0.5) is 11.5 Å². The predicted molar refractivity (Wildman–Crippen MR) is 119 cm³/mol. The van der Waals surface area contributed by atoms with E-state index < -0.39 is 0 Å². The van der Waals surface area contributed by atoms with Gasteiger partial charge in [0.15, 0.2) is 0 Å². The zero-order valence-electron chi connectivity index (χ0n) is 16.4. The van der Waals surface area contributed by atoms with Crippen LogP contribution in [0.2, 0.25) is 0 Å². The number of para-hydroxylation sites is 2. The van der Waals surface area contributed by atoms with E-state index in [1.165, 1.54) is 11.1 Å². The van der Waals surface area contributed by atoms with Crippen molar-refractivity contribution in [3.63, 3.8) is 0 Å². The molecule has 0 aliphatic heterocycles. The number of carbonyl (C=O) groups excluding carboxylic acids is 1. The maximum absolute atomic E-state index is 13.0. The lowest BCUT2D eigenvalue weighted by atomic mass is 10.1. The van der Waals surface area contributed by atoms with Gasteiger partial charge in [0.1, 0.15) is 5.82 Å². The summed E-state index contributed by atoms with van der Waals surface area (Å²) in [5.41, 5.74) is 4.79. The summed E-state index contributed by atoms with van der Waals surface area (Å²) in [6.07, 6.45) is 0.797. The Hall–Kier alpha value is -3.66. The van der Waals surface area contributed by atoms with Crippen LogP contribution >= 0.6 is 0 Å². The number of fused-ring (bicyclic) bond motifs is 1. The summed E-state index contributed by atoms with van der Waals surface area (Å²) in [6.45, 7) is 2.66. The van der Waals surface area contributed by atoms with Gasteiger partial charge in [0, 0.05) is 17.6 Å². The third kappa shape index (κ3) is 4.61. The van der Waals surface area contributed by atoms with Crippen molar-refractivity contribution < 1.29 is 4.79 Å². The molecule has 1 heterocycles. The minimum atomic E-state index is -0.0904. The molecule has 0 saturated carbocycles. The molecule has 0 atom stereocenters. The highest BCUT2D eigenvalue weighted by atomic mass is 16.1. The van der Waals surface area contributed by atoms with E-state index in [2.05, 4.69) is 40.7 Å². The van der Waals surface area contributed by atoms with Crippen molar-refractivity contribution in [1.82, 2.24) is 10.3 Å². The second-order valence-electron chi connectivity index (χ2n) is 7.06. The molecular formula is C25H23N3O. The molecule has 0 aliphatic rings. The fraction of sp³-hybridized carbons (Fsp3) is 0.120. The van der Waals surface area contributed by atoms with E-state index in [1.54, 1.807) is 0 Å². The van der Waals surface area contributed by atoms with Crippen LogP contribution in [0, 0.1) is 6.92 Å². The first-order chi connectivity index (χ1) is 14.2. The molecule has 0 radical (unpaired) electrons. The van der Waals surface area contributed by atoms with Crippen LogP contribution in [0.3, 0.4) is 0 Å². The Morgan fingerprint density at radius 2 is 1.69 bits per heavy atom. The summed E-state index contributed by atoms with van der Waals surface area (Å²) in [7, 11) is 0. The Bertz CT molecular complexity index is 1140. The lowest BCUT2D eigenvalue weighted by Crippen LogP contribution is -2.26. The first kappa shape index (κ1) is 18.7. The summed E-state index contributed by atoms with van der Waals surface area (Å²) >= 11 is 0. The molecule has 1 aromatic heterocycles. The van der Waals surface area contributed by atoms with E-state index in [0.717, 1.165) is 23.0 Å². The summed E-state index contributed by atoms with van der Waals surface area (Å²) < 4.78 is 0. The van der Waals surface area contributed by atoms with Crippen molar-refractivity contribution in [2.45, 2.75) is 13.3 Å². The van der Waals surface area contributed by atoms with Crippen molar-refractivity contribution in [3.05, 3.63) is 102 Å². The van der Waals surface area contributed by atoms with Gasteiger partial charge in [-0.05, 0) is 43.2 Å². The van der Waals surface area contributed by atoms with Gasteiger partial charge in [0.2, 0.25) is 0 Å². The Morgan fingerprint density at radius 3 is 2.52 bits per heavy atom. The highest BCUT2D eigenvalue weighted by Crippen LogP contribution is 2.23. The molecule has 0 bridgehead atoms. The van der Waals surface area contributed by atoms with Gasteiger partial charge in [-0.2, -0.15) is 0 Å². The van der Waals surface area contributed by atoms with E-state index in [0.29, 0.717) is 17.9 Å². The number of amides is 1. The molecule has 0 unspecified atom stereocenters. The van der Waals surface area contributed by atoms with E-state index in [-0.39, 0.29) is 5.91 Å². The van der Waals surface area contributed by atoms with E-state index in [1.807, 2.05) is 66.7 Å². The van der Waals surface area contributed by atoms with Crippen molar-refractivity contribution in [3.8, 4) is 0 Å². The summed E-state index contributed by atoms with van der Waals surface area (Å²) in [5.74, 6) is 0.561. The first-order valence-corrected chi connectivity index (χ1v) is 9.75.